The first-order valence-electron chi connectivity index (χ1n) is 16.1. The Labute approximate surface area is 309 Å². The molecular weight excluding hydrogens is 725 g/mol. The third kappa shape index (κ3) is 8.81. The van der Waals surface area contributed by atoms with Gasteiger partial charge in [-0.3, -0.25) is 9.59 Å². The maximum atomic E-state index is 13.7. The summed E-state index contributed by atoms with van der Waals surface area (Å²) in [5.74, 6) is -2.33. The fraction of sp³-hybridized carbons (Fsp3) is 0.222. The van der Waals surface area contributed by atoms with Crippen molar-refractivity contribution < 1.29 is 32.6 Å². The number of carbonyl (C=O) groups excluding carboxylic acids is 3. The van der Waals surface area contributed by atoms with Gasteiger partial charge in [0.25, 0.3) is 5.91 Å². The zero-order chi connectivity index (χ0) is 37.4. The minimum absolute atomic E-state index is 0.00489. The number of hydrogen-bond donors (Lipinski definition) is 3. The van der Waals surface area contributed by atoms with Crippen molar-refractivity contribution >= 4 is 62.5 Å². The van der Waals surface area contributed by atoms with Crippen LogP contribution in [-0.2, 0) is 19.4 Å². The molecule has 13 nitrogen and oxygen atoms in total. The number of anilines is 2. The fourth-order valence-corrected chi connectivity index (χ4v) is 7.83. The van der Waals surface area contributed by atoms with E-state index in [4.69, 9.17) is 4.74 Å². The van der Waals surface area contributed by atoms with Gasteiger partial charge in [0.15, 0.2) is 9.84 Å². The Morgan fingerprint density at radius 3 is 2.19 bits per heavy atom. The molecule has 52 heavy (non-hydrogen) atoms. The molecule has 2 atom stereocenters. The lowest BCUT2D eigenvalue weighted by Crippen LogP contribution is -2.34. The largest absolute Gasteiger partial charge is 0.506 e. The van der Waals surface area contributed by atoms with E-state index in [-0.39, 0.29) is 50.0 Å². The summed E-state index contributed by atoms with van der Waals surface area (Å²) in [7, 11) is -4.09. The molecule has 0 bridgehead atoms. The van der Waals surface area contributed by atoms with Gasteiger partial charge < -0.3 is 20.5 Å². The van der Waals surface area contributed by atoms with Crippen LogP contribution in [0.4, 0.5) is 11.4 Å². The second kappa shape index (κ2) is 16.9. The number of carbonyl (C=O) groups is 3. The van der Waals surface area contributed by atoms with Gasteiger partial charge in [0.05, 0.1) is 33.6 Å². The Balaban J connectivity index is 1.46. The third-order valence-corrected chi connectivity index (χ3v) is 11.9. The molecule has 270 valence electrons. The van der Waals surface area contributed by atoms with Crippen molar-refractivity contribution in [3.8, 4) is 11.4 Å². The fourth-order valence-electron chi connectivity index (χ4n) is 4.90. The molecule has 3 N–H and O–H groups in total. The molecule has 0 saturated heterocycles. The van der Waals surface area contributed by atoms with Gasteiger partial charge in [-0.05, 0) is 115 Å². The number of amides is 2. The van der Waals surface area contributed by atoms with Crippen molar-refractivity contribution in [3.05, 3.63) is 102 Å². The summed E-state index contributed by atoms with van der Waals surface area (Å²) in [6.07, 6.45) is 2.24. The Morgan fingerprint density at radius 1 is 0.885 bits per heavy atom. The second-order valence-electron chi connectivity index (χ2n) is 11.4. The van der Waals surface area contributed by atoms with Crippen LogP contribution in [0.1, 0.15) is 54.3 Å². The van der Waals surface area contributed by atoms with Crippen LogP contribution in [-0.4, -0.2) is 69.1 Å². The highest BCUT2D eigenvalue weighted by molar-refractivity contribution is 7.99. The van der Waals surface area contributed by atoms with Crippen molar-refractivity contribution in [2.75, 3.05) is 16.9 Å². The summed E-state index contributed by atoms with van der Waals surface area (Å²) < 4.78 is 34.0. The molecule has 2 unspecified atom stereocenters. The molecule has 0 fully saturated rings. The van der Waals surface area contributed by atoms with Gasteiger partial charge in [0.2, 0.25) is 11.1 Å². The summed E-state index contributed by atoms with van der Waals surface area (Å²) in [6.45, 7) is 5.28. The molecule has 1 heterocycles. The van der Waals surface area contributed by atoms with Gasteiger partial charge >= 0.3 is 5.97 Å². The number of hydrogen-bond acceptors (Lipinski definition) is 12. The lowest BCUT2D eigenvalue weighted by atomic mass is 10.1. The van der Waals surface area contributed by atoms with Crippen LogP contribution in [0.15, 0.2) is 111 Å². The van der Waals surface area contributed by atoms with Crippen LogP contribution in [0.2, 0.25) is 0 Å². The third-order valence-electron chi connectivity index (χ3n) is 7.94. The van der Waals surface area contributed by atoms with E-state index in [9.17, 15) is 27.9 Å². The Kier molecular flexibility index (Phi) is 12.4. The van der Waals surface area contributed by atoms with Gasteiger partial charge in [-0.25, -0.2) is 13.2 Å². The number of esters is 1. The van der Waals surface area contributed by atoms with Crippen molar-refractivity contribution in [1.82, 2.24) is 20.2 Å². The van der Waals surface area contributed by atoms with E-state index >= 15 is 0 Å². The number of aromatic nitrogens is 4. The first kappa shape index (κ1) is 38.1. The lowest BCUT2D eigenvalue weighted by Gasteiger charge is -2.19. The van der Waals surface area contributed by atoms with Crippen LogP contribution in [0.5, 0.6) is 5.75 Å². The molecule has 0 aliphatic rings. The number of nitrogens with one attached hydrogen (secondary N) is 2. The molecule has 0 spiro atoms. The zero-order valence-electron chi connectivity index (χ0n) is 28.6. The second-order valence-corrected chi connectivity index (χ2v) is 15.5. The molecule has 0 radical (unpaired) electrons. The van der Waals surface area contributed by atoms with Crippen LogP contribution in [0.25, 0.3) is 5.69 Å². The van der Waals surface area contributed by atoms with Crippen LogP contribution in [0.3, 0.4) is 0 Å². The number of rotatable bonds is 14. The number of sulfone groups is 1. The van der Waals surface area contributed by atoms with Crippen molar-refractivity contribution in [3.63, 3.8) is 0 Å². The van der Waals surface area contributed by atoms with Crippen LogP contribution in [0, 0.1) is 0 Å². The number of thioether (sulfide) groups is 1. The van der Waals surface area contributed by atoms with Crippen molar-refractivity contribution in [2.24, 2.45) is 0 Å². The van der Waals surface area contributed by atoms with E-state index in [0.29, 0.717) is 12.1 Å². The summed E-state index contributed by atoms with van der Waals surface area (Å²) >= 11 is 2.48. The van der Waals surface area contributed by atoms with E-state index in [0.717, 1.165) is 16.7 Å². The minimum Gasteiger partial charge on any atom is -0.506 e. The number of para-hydroxylation sites is 1. The monoisotopic (exact) mass is 760 g/mol. The highest BCUT2D eigenvalue weighted by atomic mass is 32.2. The summed E-state index contributed by atoms with van der Waals surface area (Å²) in [4.78, 5) is 40.6. The lowest BCUT2D eigenvalue weighted by molar-refractivity contribution is -0.115. The number of tetrazole rings is 1. The standard InChI is InChI=1S/C36H36N6O7S3/c1-5-22(3)49-35(46)24-14-12-23(13-15-24)33(44)37-28-21-31(51-36-39-40-41-42(36)25-10-8-7-9-11-25)29(20-30(28)43)38-34(45)32(6-2)52(47,48)27-18-16-26(50-4)17-19-27/h7-22,32,43H,5-6H2,1-4H3,(H,37,44)(H,38,45). The molecule has 0 aliphatic heterocycles. The maximum absolute atomic E-state index is 13.7. The molecule has 5 aromatic rings. The van der Waals surface area contributed by atoms with E-state index in [2.05, 4.69) is 26.2 Å². The Bertz CT molecular complexity index is 2160. The van der Waals surface area contributed by atoms with Crippen LogP contribution >= 0.6 is 23.5 Å². The topological polar surface area (TPSA) is 182 Å². The molecule has 5 rings (SSSR count). The summed E-state index contributed by atoms with van der Waals surface area (Å²) in [5, 5.41) is 27.3. The SMILES string of the molecule is CCC(C)OC(=O)c1ccc(C(=O)Nc2cc(Sc3nnnn3-c3ccccc3)c(NC(=O)C(CC)S(=O)(=O)c3ccc(SC)cc3)cc2O)cc1. The first-order chi connectivity index (χ1) is 24.9. The number of phenols is 1. The Morgan fingerprint density at radius 2 is 1.56 bits per heavy atom. The van der Waals surface area contributed by atoms with Gasteiger partial charge in [0, 0.05) is 21.4 Å². The Hall–Kier alpha value is -5.19. The maximum Gasteiger partial charge on any atom is 0.338 e. The molecule has 0 aliphatic carbocycles. The normalized spacial score (nSPS) is 12.5. The van der Waals surface area contributed by atoms with Gasteiger partial charge in [-0.15, -0.1) is 16.9 Å². The summed E-state index contributed by atoms with van der Waals surface area (Å²) in [5.41, 5.74) is 1.16. The molecule has 1 aromatic heterocycles. The molecular formula is C36H36N6O7S3. The molecule has 16 heteroatoms. The van der Waals surface area contributed by atoms with E-state index < -0.39 is 38.6 Å². The smallest absolute Gasteiger partial charge is 0.338 e. The van der Waals surface area contributed by atoms with Gasteiger partial charge in [-0.2, -0.15) is 4.68 Å². The molecule has 0 saturated carbocycles. The van der Waals surface area contributed by atoms with Gasteiger partial charge in [0.1, 0.15) is 11.0 Å². The van der Waals surface area contributed by atoms with Crippen molar-refractivity contribution in [1.29, 1.82) is 0 Å². The zero-order valence-corrected chi connectivity index (χ0v) is 31.1. The molecule has 4 aromatic carbocycles. The van der Waals surface area contributed by atoms with E-state index in [1.165, 1.54) is 65.0 Å². The minimum atomic E-state index is -4.09. The number of ether oxygens (including phenoxy) is 1. The number of phenolic OH excluding ortho intramolecular Hbond substituents is 1. The number of benzene rings is 4. The molecule has 2 amide bonds. The van der Waals surface area contributed by atoms with E-state index in [1.54, 1.807) is 38.1 Å². The van der Waals surface area contributed by atoms with Gasteiger partial charge in [-0.1, -0.05) is 32.0 Å². The van der Waals surface area contributed by atoms with Crippen LogP contribution < -0.4 is 10.6 Å². The predicted molar refractivity (Wildman–Crippen MR) is 199 cm³/mol. The quantitative estimate of drug-likeness (QED) is 0.0624. The van der Waals surface area contributed by atoms with Crippen molar-refractivity contribution in [2.45, 2.75) is 64.8 Å². The first-order valence-corrected chi connectivity index (χ1v) is 19.7. The van der Waals surface area contributed by atoms with E-state index in [1.807, 2.05) is 31.4 Å². The average Bonchev–Trinajstić information content (AvgIpc) is 3.62. The number of aromatic hydroxyl groups is 1. The highest BCUT2D eigenvalue weighted by Gasteiger charge is 2.33. The highest BCUT2D eigenvalue weighted by Crippen LogP contribution is 2.40. The summed E-state index contributed by atoms with van der Waals surface area (Å²) in [6, 6.07) is 23.8. The average molecular weight is 761 g/mol. The predicted octanol–water partition coefficient (Wildman–Crippen LogP) is 6.64. The number of nitrogens with zero attached hydrogens (tertiary/aromatic N) is 4.